The number of fused-ring (bicyclic) bond motifs is 12. The molecule has 14 rings (SSSR count). The average molecular weight is 925 g/mol. The zero-order valence-corrected chi connectivity index (χ0v) is 40.7. The van der Waals surface area contributed by atoms with E-state index in [1.165, 1.54) is 77.9 Å². The van der Waals surface area contributed by atoms with Crippen molar-refractivity contribution in [1.82, 2.24) is 19.5 Å². The zero-order chi connectivity index (χ0) is 48.1. The summed E-state index contributed by atoms with van der Waals surface area (Å²) in [5, 5.41) is 1.34. The first-order chi connectivity index (χ1) is 35.4. The fourth-order valence-electron chi connectivity index (χ4n) is 12.9. The lowest BCUT2D eigenvalue weighted by atomic mass is 9.55. The van der Waals surface area contributed by atoms with Crippen LogP contribution in [0.3, 0.4) is 0 Å². The normalized spacial score (nSPS) is 17.5. The second-order valence-corrected chi connectivity index (χ2v) is 20.6. The van der Waals surface area contributed by atoms with Gasteiger partial charge in [0.25, 0.3) is 0 Å². The van der Waals surface area contributed by atoms with E-state index < -0.39 is 5.41 Å². The van der Waals surface area contributed by atoms with Crippen LogP contribution < -0.4 is 0 Å². The van der Waals surface area contributed by atoms with Crippen molar-refractivity contribution in [3.05, 3.63) is 274 Å². The van der Waals surface area contributed by atoms with Crippen LogP contribution in [0.4, 0.5) is 0 Å². The highest BCUT2D eigenvalue weighted by Gasteiger charge is 2.54. The highest BCUT2D eigenvalue weighted by Crippen LogP contribution is 2.63. The lowest BCUT2D eigenvalue weighted by molar-refractivity contribution is 0.563. The van der Waals surface area contributed by atoms with E-state index >= 15 is 0 Å². The fraction of sp³-hybridized carbons (Fsp3) is 0.132. The van der Waals surface area contributed by atoms with Crippen LogP contribution in [0.5, 0.6) is 0 Å². The Bertz CT molecular complexity index is 3860. The maximum Gasteiger partial charge on any atom is 0.164 e. The Labute approximate surface area is 421 Å². The van der Waals surface area contributed by atoms with Gasteiger partial charge >= 0.3 is 0 Å². The summed E-state index contributed by atoms with van der Waals surface area (Å²) in [6.07, 6.45) is 13.4. The molecule has 8 aromatic carbocycles. The van der Waals surface area contributed by atoms with Gasteiger partial charge < -0.3 is 4.57 Å². The average Bonchev–Trinajstić information content (AvgIpc) is 3.94. The summed E-state index contributed by atoms with van der Waals surface area (Å²) in [4.78, 5) is 16.1. The number of nitrogens with zero attached hydrogens (tertiary/aromatic N) is 4. The van der Waals surface area contributed by atoms with Crippen LogP contribution in [0.2, 0.25) is 0 Å². The molecular weight excluding hydrogens is 873 g/mol. The first-order valence-corrected chi connectivity index (χ1v) is 25.5. The lowest BCUT2D eigenvalue weighted by Gasteiger charge is -2.46. The molecule has 344 valence electrons. The second-order valence-electron chi connectivity index (χ2n) is 20.6. The van der Waals surface area contributed by atoms with Crippen molar-refractivity contribution in [2.24, 2.45) is 0 Å². The van der Waals surface area contributed by atoms with E-state index in [1.54, 1.807) is 0 Å². The van der Waals surface area contributed by atoms with Gasteiger partial charge in [-0.1, -0.05) is 215 Å². The molecule has 10 aromatic rings. The molecule has 0 saturated heterocycles. The van der Waals surface area contributed by atoms with Crippen LogP contribution in [0.25, 0.3) is 73.3 Å². The Hall–Kier alpha value is -8.47. The number of hydrogen-bond acceptors (Lipinski definition) is 3. The molecule has 0 fully saturated rings. The number of aromatic nitrogens is 4. The molecule has 0 bridgehead atoms. The largest absolute Gasteiger partial charge is 0.310 e. The predicted molar refractivity (Wildman–Crippen MR) is 295 cm³/mol. The van der Waals surface area contributed by atoms with E-state index in [4.69, 9.17) is 15.0 Å². The SMILES string of the molecule is CC1CC=Cc2c1c1ccccc1n2-c1ccc(-c2ccc3c(c2)-c2c(-c4nc(C5=CCC(c6ccccc6)C=C5)nc(-c5ccccc5)n4)cccc2C32c3ccccc3C(C)(C)c3ccccc32)cc1. The topological polar surface area (TPSA) is 43.6 Å². The van der Waals surface area contributed by atoms with Crippen LogP contribution >= 0.6 is 0 Å². The third-order valence-electron chi connectivity index (χ3n) is 16.3. The Morgan fingerprint density at radius 3 is 1.88 bits per heavy atom. The number of para-hydroxylation sites is 1. The molecule has 0 saturated carbocycles. The number of benzene rings is 8. The van der Waals surface area contributed by atoms with Gasteiger partial charge in [0.15, 0.2) is 17.5 Å². The van der Waals surface area contributed by atoms with Crippen LogP contribution in [-0.4, -0.2) is 19.5 Å². The van der Waals surface area contributed by atoms with Gasteiger partial charge in [0.1, 0.15) is 0 Å². The van der Waals surface area contributed by atoms with Gasteiger partial charge in [-0.15, -0.1) is 0 Å². The fourth-order valence-corrected chi connectivity index (χ4v) is 12.9. The van der Waals surface area contributed by atoms with Crippen molar-refractivity contribution in [3.8, 4) is 50.7 Å². The van der Waals surface area contributed by atoms with Crippen molar-refractivity contribution >= 4 is 22.6 Å². The van der Waals surface area contributed by atoms with Gasteiger partial charge in [0.05, 0.1) is 10.9 Å². The minimum atomic E-state index is -0.593. The molecule has 2 unspecified atom stereocenters. The summed E-state index contributed by atoms with van der Waals surface area (Å²) in [5.41, 5.74) is 21.1. The number of allylic oxidation sites excluding steroid dienone is 5. The van der Waals surface area contributed by atoms with Crippen molar-refractivity contribution < 1.29 is 0 Å². The van der Waals surface area contributed by atoms with E-state index in [0.717, 1.165) is 40.7 Å². The van der Waals surface area contributed by atoms with E-state index in [9.17, 15) is 0 Å². The molecule has 4 aliphatic carbocycles. The molecule has 0 radical (unpaired) electrons. The van der Waals surface area contributed by atoms with E-state index in [-0.39, 0.29) is 5.41 Å². The molecule has 1 spiro atoms. The molecule has 4 heteroatoms. The highest BCUT2D eigenvalue weighted by molar-refractivity contribution is 5.97. The van der Waals surface area contributed by atoms with Crippen molar-refractivity contribution in [1.29, 1.82) is 0 Å². The van der Waals surface area contributed by atoms with E-state index in [2.05, 4.69) is 244 Å². The third-order valence-corrected chi connectivity index (χ3v) is 16.3. The second kappa shape index (κ2) is 16.3. The molecule has 2 atom stereocenters. The van der Waals surface area contributed by atoms with Gasteiger partial charge in [-0.25, -0.2) is 15.0 Å². The molecule has 2 aromatic heterocycles. The van der Waals surface area contributed by atoms with Crippen LogP contribution in [0.15, 0.2) is 218 Å². The predicted octanol–water partition coefficient (Wildman–Crippen LogP) is 16.5. The summed E-state index contributed by atoms with van der Waals surface area (Å²) in [5.74, 6) is 2.77. The Balaban J connectivity index is 0.978. The molecule has 0 N–H and O–H groups in total. The standard InChI is InChI=1S/C68H52N4/c1-43-18-16-31-61-62(43)51-23-10-15-30-60(51)72(61)50-39-36-46(37-40-50)49-38-41-54-53(42-49)63-52(24-17-29-59(63)68(54)57-27-13-11-25-55(57)67(2,3)56-26-12-14-28-58(56)68)66-70-64(47-21-8-5-9-22-47)69-65(71-66)48-34-32-45(33-35-48)44-19-6-4-7-20-44/h4-17,19-32,34-43,45H,18,33H2,1-3H3. The summed E-state index contributed by atoms with van der Waals surface area (Å²) in [6, 6.07) is 71.5. The maximum absolute atomic E-state index is 5.47. The summed E-state index contributed by atoms with van der Waals surface area (Å²) < 4.78 is 2.45. The van der Waals surface area contributed by atoms with Gasteiger partial charge in [0.2, 0.25) is 0 Å². The molecule has 72 heavy (non-hydrogen) atoms. The Morgan fingerprint density at radius 2 is 1.14 bits per heavy atom. The number of rotatable bonds is 6. The summed E-state index contributed by atoms with van der Waals surface area (Å²) in [6.45, 7) is 7.12. The Kier molecular flexibility index (Phi) is 9.60. The minimum absolute atomic E-state index is 0.215. The smallest absolute Gasteiger partial charge is 0.164 e. The van der Waals surface area contributed by atoms with Crippen LogP contribution in [0.1, 0.15) is 101 Å². The van der Waals surface area contributed by atoms with E-state index in [1.807, 2.05) is 6.07 Å². The molecule has 0 amide bonds. The number of hydrogen-bond donors (Lipinski definition) is 0. The minimum Gasteiger partial charge on any atom is -0.310 e. The Morgan fingerprint density at radius 1 is 0.500 bits per heavy atom. The summed E-state index contributed by atoms with van der Waals surface area (Å²) >= 11 is 0. The van der Waals surface area contributed by atoms with Crippen LogP contribution in [0, 0.1) is 0 Å². The van der Waals surface area contributed by atoms with Crippen molar-refractivity contribution in [3.63, 3.8) is 0 Å². The van der Waals surface area contributed by atoms with Crippen LogP contribution in [-0.2, 0) is 10.8 Å². The molecule has 0 aliphatic heterocycles. The molecule has 4 aliphatic rings. The van der Waals surface area contributed by atoms with E-state index in [0.29, 0.717) is 29.3 Å². The monoisotopic (exact) mass is 924 g/mol. The molecule has 4 nitrogen and oxygen atoms in total. The molecular formula is C68H52N4. The van der Waals surface area contributed by atoms with Gasteiger partial charge in [-0.05, 0) is 116 Å². The van der Waals surface area contributed by atoms with Crippen molar-refractivity contribution in [2.75, 3.05) is 0 Å². The van der Waals surface area contributed by atoms with Crippen molar-refractivity contribution in [2.45, 2.75) is 56.3 Å². The molecule has 2 heterocycles. The first kappa shape index (κ1) is 42.4. The zero-order valence-electron chi connectivity index (χ0n) is 40.7. The first-order valence-electron chi connectivity index (χ1n) is 25.5. The quantitative estimate of drug-likeness (QED) is 0.167. The van der Waals surface area contributed by atoms with Gasteiger partial charge in [0, 0.05) is 44.8 Å². The third kappa shape index (κ3) is 6.28. The van der Waals surface area contributed by atoms with Gasteiger partial charge in [-0.2, -0.15) is 0 Å². The maximum atomic E-state index is 5.47. The van der Waals surface area contributed by atoms with Gasteiger partial charge in [-0.3, -0.25) is 0 Å². The lowest BCUT2D eigenvalue weighted by Crippen LogP contribution is -2.40. The highest BCUT2D eigenvalue weighted by atomic mass is 15.0. The summed E-state index contributed by atoms with van der Waals surface area (Å²) in [7, 11) is 0.